The van der Waals surface area contributed by atoms with E-state index >= 15 is 0 Å². The molecule has 3 heteroatoms. The Labute approximate surface area is 124 Å². The Balaban J connectivity index is 1.79. The molecule has 2 aromatic carbocycles. The molecule has 0 spiro atoms. The van der Waals surface area contributed by atoms with Gasteiger partial charge in [0.25, 0.3) is 5.91 Å². The van der Waals surface area contributed by atoms with Crippen LogP contribution in [0.5, 0.6) is 0 Å². The lowest BCUT2D eigenvalue weighted by Gasteiger charge is -2.23. The number of halogens is 1. The van der Waals surface area contributed by atoms with Crippen LogP contribution in [0.15, 0.2) is 48.5 Å². The Bertz CT molecular complexity index is 629. The molecule has 0 bridgehead atoms. The lowest BCUT2D eigenvalue weighted by molar-refractivity contribution is 0.0730. The standard InChI is InChI=1S/C18H18FNO/c1-13-2-4-14(5-3-13)12-20(17-10-11-17)18(21)15-6-8-16(19)9-7-15/h2-9,17H,10-12H2,1H3. The van der Waals surface area contributed by atoms with Crippen LogP contribution in [0.4, 0.5) is 4.39 Å². The van der Waals surface area contributed by atoms with E-state index in [0.717, 1.165) is 18.4 Å². The second-order valence-electron chi connectivity index (χ2n) is 5.66. The summed E-state index contributed by atoms with van der Waals surface area (Å²) < 4.78 is 13.0. The molecule has 0 aliphatic heterocycles. The summed E-state index contributed by atoms with van der Waals surface area (Å²) in [5, 5.41) is 0. The van der Waals surface area contributed by atoms with E-state index < -0.39 is 0 Å². The predicted molar refractivity (Wildman–Crippen MR) is 80.5 cm³/mol. The topological polar surface area (TPSA) is 20.3 Å². The SMILES string of the molecule is Cc1ccc(CN(C(=O)c2ccc(F)cc2)C2CC2)cc1. The second-order valence-corrected chi connectivity index (χ2v) is 5.66. The molecule has 1 aliphatic rings. The molecule has 1 aliphatic carbocycles. The van der Waals surface area contributed by atoms with Crippen molar-refractivity contribution >= 4 is 5.91 Å². The van der Waals surface area contributed by atoms with Gasteiger partial charge in [0.05, 0.1) is 0 Å². The smallest absolute Gasteiger partial charge is 0.254 e. The highest BCUT2D eigenvalue weighted by Gasteiger charge is 2.33. The van der Waals surface area contributed by atoms with Gasteiger partial charge in [0.2, 0.25) is 0 Å². The first kappa shape index (κ1) is 13.8. The van der Waals surface area contributed by atoms with Crippen LogP contribution in [0.1, 0.15) is 34.3 Å². The summed E-state index contributed by atoms with van der Waals surface area (Å²) in [6.07, 6.45) is 2.11. The largest absolute Gasteiger partial charge is 0.331 e. The molecule has 0 heterocycles. The summed E-state index contributed by atoms with van der Waals surface area (Å²) in [6.45, 7) is 2.66. The Morgan fingerprint density at radius 2 is 1.71 bits per heavy atom. The van der Waals surface area contributed by atoms with Crippen molar-refractivity contribution in [2.24, 2.45) is 0 Å². The van der Waals surface area contributed by atoms with E-state index in [9.17, 15) is 9.18 Å². The molecule has 1 amide bonds. The van der Waals surface area contributed by atoms with E-state index in [0.29, 0.717) is 18.2 Å². The molecule has 0 aromatic heterocycles. The highest BCUT2D eigenvalue weighted by Crippen LogP contribution is 2.30. The third kappa shape index (κ3) is 3.30. The van der Waals surface area contributed by atoms with Gasteiger partial charge in [-0.3, -0.25) is 4.79 Å². The van der Waals surface area contributed by atoms with Crippen molar-refractivity contribution in [2.45, 2.75) is 32.4 Å². The van der Waals surface area contributed by atoms with Crippen LogP contribution in [-0.4, -0.2) is 16.8 Å². The number of hydrogen-bond acceptors (Lipinski definition) is 1. The van der Waals surface area contributed by atoms with Gasteiger partial charge < -0.3 is 4.90 Å². The Morgan fingerprint density at radius 1 is 1.10 bits per heavy atom. The molecule has 0 radical (unpaired) electrons. The zero-order valence-corrected chi connectivity index (χ0v) is 12.1. The molecule has 2 nitrogen and oxygen atoms in total. The first-order chi connectivity index (χ1) is 10.1. The highest BCUT2D eigenvalue weighted by atomic mass is 19.1. The molecule has 21 heavy (non-hydrogen) atoms. The molecule has 108 valence electrons. The monoisotopic (exact) mass is 283 g/mol. The summed E-state index contributed by atoms with van der Waals surface area (Å²) in [5.74, 6) is -0.332. The van der Waals surface area contributed by atoms with E-state index in [1.54, 1.807) is 12.1 Å². The highest BCUT2D eigenvalue weighted by molar-refractivity contribution is 5.94. The fraction of sp³-hybridized carbons (Fsp3) is 0.278. The van der Waals surface area contributed by atoms with Crippen molar-refractivity contribution in [2.75, 3.05) is 0 Å². The Kier molecular flexibility index (Phi) is 3.74. The van der Waals surface area contributed by atoms with Crippen LogP contribution < -0.4 is 0 Å². The zero-order chi connectivity index (χ0) is 14.8. The van der Waals surface area contributed by atoms with Crippen molar-refractivity contribution in [1.82, 2.24) is 4.90 Å². The van der Waals surface area contributed by atoms with E-state index in [-0.39, 0.29) is 11.7 Å². The van der Waals surface area contributed by atoms with E-state index in [2.05, 4.69) is 24.3 Å². The third-order valence-corrected chi connectivity index (χ3v) is 3.81. The molecule has 2 aromatic rings. The molecule has 0 atom stereocenters. The van der Waals surface area contributed by atoms with Crippen LogP contribution in [0.25, 0.3) is 0 Å². The molecular weight excluding hydrogens is 265 g/mol. The van der Waals surface area contributed by atoms with E-state index in [1.807, 2.05) is 11.8 Å². The summed E-state index contributed by atoms with van der Waals surface area (Å²) in [4.78, 5) is 14.5. The van der Waals surface area contributed by atoms with Gasteiger partial charge in [-0.05, 0) is 49.6 Å². The second kappa shape index (κ2) is 5.68. The van der Waals surface area contributed by atoms with Crippen LogP contribution in [0.3, 0.4) is 0 Å². The first-order valence-electron chi connectivity index (χ1n) is 7.25. The lowest BCUT2D eigenvalue weighted by Crippen LogP contribution is -2.32. The van der Waals surface area contributed by atoms with Crippen molar-refractivity contribution in [3.8, 4) is 0 Å². The lowest BCUT2D eigenvalue weighted by atomic mass is 10.1. The molecule has 0 unspecified atom stereocenters. The average Bonchev–Trinajstić information content (AvgIpc) is 3.31. The van der Waals surface area contributed by atoms with Crippen molar-refractivity contribution in [3.63, 3.8) is 0 Å². The Morgan fingerprint density at radius 3 is 2.29 bits per heavy atom. The number of nitrogens with zero attached hydrogens (tertiary/aromatic N) is 1. The van der Waals surface area contributed by atoms with Crippen molar-refractivity contribution < 1.29 is 9.18 Å². The predicted octanol–water partition coefficient (Wildman–Crippen LogP) is 3.94. The number of aryl methyl sites for hydroxylation is 1. The van der Waals surface area contributed by atoms with Gasteiger partial charge in [0.15, 0.2) is 0 Å². The zero-order valence-electron chi connectivity index (χ0n) is 12.1. The molecule has 1 saturated carbocycles. The molecule has 1 fully saturated rings. The fourth-order valence-electron chi connectivity index (χ4n) is 2.40. The minimum absolute atomic E-state index is 0.0157. The number of benzene rings is 2. The van der Waals surface area contributed by atoms with Crippen LogP contribution in [0.2, 0.25) is 0 Å². The minimum Gasteiger partial charge on any atom is -0.331 e. The summed E-state index contributed by atoms with van der Waals surface area (Å²) in [5.41, 5.74) is 2.89. The maximum absolute atomic E-state index is 13.0. The van der Waals surface area contributed by atoms with E-state index in [1.165, 1.54) is 17.7 Å². The van der Waals surface area contributed by atoms with Crippen molar-refractivity contribution in [3.05, 3.63) is 71.0 Å². The van der Waals surface area contributed by atoms with Crippen LogP contribution in [-0.2, 0) is 6.54 Å². The van der Waals surface area contributed by atoms with Gasteiger partial charge in [0, 0.05) is 18.2 Å². The maximum atomic E-state index is 13.0. The quantitative estimate of drug-likeness (QED) is 0.832. The van der Waals surface area contributed by atoms with Crippen LogP contribution >= 0.6 is 0 Å². The first-order valence-corrected chi connectivity index (χ1v) is 7.25. The van der Waals surface area contributed by atoms with Gasteiger partial charge >= 0.3 is 0 Å². The third-order valence-electron chi connectivity index (χ3n) is 3.81. The summed E-state index contributed by atoms with van der Waals surface area (Å²) >= 11 is 0. The molecule has 0 saturated heterocycles. The number of amides is 1. The van der Waals surface area contributed by atoms with Crippen LogP contribution in [0, 0.1) is 12.7 Å². The van der Waals surface area contributed by atoms with Gasteiger partial charge in [-0.15, -0.1) is 0 Å². The Hall–Kier alpha value is -2.16. The van der Waals surface area contributed by atoms with E-state index in [4.69, 9.17) is 0 Å². The number of carbonyl (C=O) groups excluding carboxylic acids is 1. The maximum Gasteiger partial charge on any atom is 0.254 e. The number of hydrogen-bond donors (Lipinski definition) is 0. The van der Waals surface area contributed by atoms with Gasteiger partial charge in [-0.1, -0.05) is 29.8 Å². The summed E-state index contributed by atoms with van der Waals surface area (Å²) in [6, 6.07) is 14.3. The normalized spacial score (nSPS) is 14.0. The number of rotatable bonds is 4. The van der Waals surface area contributed by atoms with Gasteiger partial charge in [-0.25, -0.2) is 4.39 Å². The number of carbonyl (C=O) groups is 1. The fourth-order valence-corrected chi connectivity index (χ4v) is 2.40. The average molecular weight is 283 g/mol. The minimum atomic E-state index is -0.317. The van der Waals surface area contributed by atoms with Crippen molar-refractivity contribution in [1.29, 1.82) is 0 Å². The van der Waals surface area contributed by atoms with Gasteiger partial charge in [-0.2, -0.15) is 0 Å². The molecular formula is C18H18FNO. The van der Waals surface area contributed by atoms with Gasteiger partial charge in [0.1, 0.15) is 5.82 Å². The summed E-state index contributed by atoms with van der Waals surface area (Å²) in [7, 11) is 0. The molecule has 3 rings (SSSR count). The molecule has 0 N–H and O–H groups in total.